The molecule has 2 aromatic carbocycles. The first-order valence-corrected chi connectivity index (χ1v) is 6.28. The molecule has 0 saturated carbocycles. The van der Waals surface area contributed by atoms with Gasteiger partial charge in [-0.3, -0.25) is 4.79 Å². The van der Waals surface area contributed by atoms with E-state index in [4.69, 9.17) is 0 Å². The van der Waals surface area contributed by atoms with Crippen LogP contribution in [0.5, 0.6) is 0 Å². The second kappa shape index (κ2) is 5.09. The van der Waals surface area contributed by atoms with Gasteiger partial charge in [0.15, 0.2) is 5.03 Å². The maximum absolute atomic E-state index is 12.0. The summed E-state index contributed by atoms with van der Waals surface area (Å²) >= 11 is 0. The Labute approximate surface area is 119 Å². The number of nitrogens with one attached hydrogen (secondary N) is 1. The number of hydrogen-bond donors (Lipinski definition) is 1. The van der Waals surface area contributed by atoms with Crippen LogP contribution in [0.15, 0.2) is 60.7 Å². The van der Waals surface area contributed by atoms with E-state index in [1.807, 2.05) is 54.6 Å². The van der Waals surface area contributed by atoms with Crippen molar-refractivity contribution in [3.63, 3.8) is 0 Å². The van der Waals surface area contributed by atoms with Crippen LogP contribution < -0.4 is 5.43 Å². The number of fused-ring (bicyclic) bond motifs is 1. The van der Waals surface area contributed by atoms with Crippen molar-refractivity contribution in [1.82, 2.24) is 9.99 Å². The molecule has 1 aromatic heterocycles. The predicted octanol–water partition coefficient (Wildman–Crippen LogP) is 2.55. The van der Waals surface area contributed by atoms with Gasteiger partial charge in [-0.1, -0.05) is 41.8 Å². The number of benzene rings is 2. The Kier molecular flexibility index (Phi) is 3.12. The van der Waals surface area contributed by atoms with Gasteiger partial charge in [0.2, 0.25) is 0 Å². The normalized spacial score (nSPS) is 10.5. The van der Waals surface area contributed by atoms with Gasteiger partial charge in [-0.25, -0.2) is 10.1 Å². The fourth-order valence-corrected chi connectivity index (χ4v) is 2.32. The van der Waals surface area contributed by atoms with Crippen LogP contribution >= 0.6 is 0 Å². The zero-order valence-electron chi connectivity index (χ0n) is 10.9. The van der Waals surface area contributed by atoms with Crippen LogP contribution in [0.2, 0.25) is 0 Å². The van der Waals surface area contributed by atoms with E-state index in [0.717, 1.165) is 16.6 Å². The molecule has 104 valence electrons. The Morgan fingerprint density at radius 3 is 2.43 bits per heavy atom. The summed E-state index contributed by atoms with van der Waals surface area (Å²) < 4.78 is 1.70. The average Bonchev–Trinajstić information content (AvgIpc) is 2.87. The summed E-state index contributed by atoms with van der Waals surface area (Å²) in [7, 11) is 0. The monoisotopic (exact) mass is 281 g/mol. The summed E-state index contributed by atoms with van der Waals surface area (Å²) in [5, 5.41) is 10.5. The molecular formula is C15H11N3O3. The van der Waals surface area contributed by atoms with E-state index in [9.17, 15) is 14.9 Å². The second-order valence-electron chi connectivity index (χ2n) is 4.46. The first kappa shape index (κ1) is 12.9. The molecule has 0 spiro atoms. The van der Waals surface area contributed by atoms with Gasteiger partial charge in [0.25, 0.3) is 0 Å². The quantitative estimate of drug-likeness (QED) is 0.592. The lowest BCUT2D eigenvalue weighted by Gasteiger charge is -2.08. The van der Waals surface area contributed by atoms with Crippen molar-refractivity contribution in [2.24, 2.45) is 0 Å². The van der Waals surface area contributed by atoms with Crippen molar-refractivity contribution in [2.75, 3.05) is 0 Å². The van der Waals surface area contributed by atoms with E-state index in [2.05, 4.69) is 0 Å². The highest BCUT2D eigenvalue weighted by molar-refractivity contribution is 5.99. The Morgan fingerprint density at radius 2 is 1.71 bits per heavy atom. The Hall–Kier alpha value is -3.15. The van der Waals surface area contributed by atoms with Crippen LogP contribution in [0.4, 0.5) is 0 Å². The molecular weight excluding hydrogens is 270 g/mol. The summed E-state index contributed by atoms with van der Waals surface area (Å²) in [6.45, 7) is 0. The zero-order chi connectivity index (χ0) is 14.8. The number of amides is 1. The van der Waals surface area contributed by atoms with E-state index >= 15 is 0 Å². The SMILES string of the molecule is O=C(N[N+](=O)[O-])c1cc2ccccc2n1-c1ccccc1. The average molecular weight is 281 g/mol. The third kappa shape index (κ3) is 2.34. The summed E-state index contributed by atoms with van der Waals surface area (Å²) in [6.07, 6.45) is 0. The number of rotatable bonds is 3. The molecule has 0 fully saturated rings. The summed E-state index contributed by atoms with van der Waals surface area (Å²) in [5.74, 6) is -0.750. The van der Waals surface area contributed by atoms with Gasteiger partial charge < -0.3 is 4.57 Å². The van der Waals surface area contributed by atoms with Gasteiger partial charge >= 0.3 is 5.91 Å². The maximum Gasteiger partial charge on any atom is 0.327 e. The number of aromatic nitrogens is 1. The first-order chi connectivity index (χ1) is 10.2. The molecule has 0 unspecified atom stereocenters. The number of nitrogens with zero attached hydrogens (tertiary/aromatic N) is 2. The van der Waals surface area contributed by atoms with E-state index in [0.29, 0.717) is 0 Å². The highest BCUT2D eigenvalue weighted by atomic mass is 16.7. The van der Waals surface area contributed by atoms with E-state index in [-0.39, 0.29) is 5.69 Å². The lowest BCUT2D eigenvalue weighted by Crippen LogP contribution is -2.30. The molecule has 0 radical (unpaired) electrons. The molecule has 3 rings (SSSR count). The molecule has 0 aliphatic rings. The first-order valence-electron chi connectivity index (χ1n) is 6.28. The Morgan fingerprint density at radius 1 is 1.05 bits per heavy atom. The second-order valence-corrected chi connectivity index (χ2v) is 4.46. The van der Waals surface area contributed by atoms with Crippen molar-refractivity contribution in [3.8, 4) is 5.69 Å². The molecule has 6 nitrogen and oxygen atoms in total. The maximum atomic E-state index is 12.0. The van der Waals surface area contributed by atoms with Gasteiger partial charge in [0.1, 0.15) is 5.69 Å². The van der Waals surface area contributed by atoms with E-state index in [1.54, 1.807) is 16.1 Å². The van der Waals surface area contributed by atoms with Gasteiger partial charge in [-0.2, -0.15) is 0 Å². The Bertz CT molecular complexity index is 825. The molecule has 0 aliphatic heterocycles. The van der Waals surface area contributed by atoms with Crippen LogP contribution in [0, 0.1) is 10.1 Å². The summed E-state index contributed by atoms with van der Waals surface area (Å²) in [4.78, 5) is 22.6. The van der Waals surface area contributed by atoms with E-state index < -0.39 is 10.9 Å². The Balaban J connectivity index is 2.24. The van der Waals surface area contributed by atoms with Crippen molar-refractivity contribution in [1.29, 1.82) is 0 Å². The number of hydrogen-bond acceptors (Lipinski definition) is 3. The third-order valence-corrected chi connectivity index (χ3v) is 3.15. The van der Waals surface area contributed by atoms with Crippen LogP contribution in [0.1, 0.15) is 10.5 Å². The van der Waals surface area contributed by atoms with Crippen LogP contribution in [-0.4, -0.2) is 15.5 Å². The lowest BCUT2D eigenvalue weighted by molar-refractivity contribution is -0.527. The van der Waals surface area contributed by atoms with Gasteiger partial charge in [0, 0.05) is 11.1 Å². The van der Waals surface area contributed by atoms with Crippen molar-refractivity contribution >= 4 is 16.8 Å². The van der Waals surface area contributed by atoms with Crippen LogP contribution in [0.25, 0.3) is 16.6 Å². The molecule has 1 heterocycles. The van der Waals surface area contributed by atoms with Crippen molar-refractivity contribution in [3.05, 3.63) is 76.5 Å². The van der Waals surface area contributed by atoms with Gasteiger partial charge in [0.05, 0.1) is 5.52 Å². The highest BCUT2D eigenvalue weighted by Crippen LogP contribution is 2.24. The smallest absolute Gasteiger partial charge is 0.305 e. The molecule has 21 heavy (non-hydrogen) atoms. The number of para-hydroxylation sites is 2. The number of carbonyl (C=O) groups excluding carboxylic acids is 1. The minimum Gasteiger partial charge on any atom is -0.305 e. The predicted molar refractivity (Wildman–Crippen MR) is 77.7 cm³/mol. The van der Waals surface area contributed by atoms with E-state index in [1.165, 1.54) is 0 Å². The van der Waals surface area contributed by atoms with Gasteiger partial charge in [-0.15, -0.1) is 0 Å². The fraction of sp³-hybridized carbons (Fsp3) is 0. The topological polar surface area (TPSA) is 77.2 Å². The number of hydrazine groups is 1. The lowest BCUT2D eigenvalue weighted by atomic mass is 10.2. The summed E-state index contributed by atoms with van der Waals surface area (Å²) in [6, 6.07) is 18.3. The standard InChI is InChI=1S/C15H11N3O3/c19-15(16-18(20)21)14-10-11-6-4-5-9-13(11)17(14)12-7-2-1-3-8-12/h1-10H,(H,16,19). The third-order valence-electron chi connectivity index (χ3n) is 3.15. The molecule has 0 saturated heterocycles. The molecule has 6 heteroatoms. The largest absolute Gasteiger partial charge is 0.327 e. The van der Waals surface area contributed by atoms with Gasteiger partial charge in [-0.05, 0) is 24.3 Å². The van der Waals surface area contributed by atoms with Crippen LogP contribution in [0.3, 0.4) is 0 Å². The summed E-state index contributed by atoms with van der Waals surface area (Å²) in [5.41, 5.74) is 3.50. The van der Waals surface area contributed by atoms with Crippen molar-refractivity contribution < 1.29 is 9.83 Å². The molecule has 1 N–H and O–H groups in total. The molecule has 1 amide bonds. The zero-order valence-corrected chi connectivity index (χ0v) is 10.9. The minimum atomic E-state index is -0.852. The number of carbonyl (C=O) groups is 1. The molecule has 3 aromatic rings. The molecule has 0 atom stereocenters. The number of nitro groups is 1. The highest BCUT2D eigenvalue weighted by Gasteiger charge is 2.19. The fourth-order valence-electron chi connectivity index (χ4n) is 2.32. The molecule has 0 bridgehead atoms. The van der Waals surface area contributed by atoms with Crippen molar-refractivity contribution in [2.45, 2.75) is 0 Å². The van der Waals surface area contributed by atoms with Crippen LogP contribution in [-0.2, 0) is 0 Å². The minimum absolute atomic E-state index is 0.221. The molecule has 0 aliphatic carbocycles.